The first-order chi connectivity index (χ1) is 11.6. The first-order valence-electron chi connectivity index (χ1n) is 7.87. The lowest BCUT2D eigenvalue weighted by atomic mass is 9.98. The van der Waals surface area contributed by atoms with Crippen LogP contribution in [0.25, 0.3) is 10.1 Å². The summed E-state index contributed by atoms with van der Waals surface area (Å²) in [5.74, 6) is 0.120. The first-order valence-corrected chi connectivity index (χ1v) is 10.5. The Labute approximate surface area is 147 Å². The van der Waals surface area contributed by atoms with Crippen LogP contribution in [0.1, 0.15) is 49.3 Å². The van der Waals surface area contributed by atoms with Crippen molar-refractivity contribution in [2.45, 2.75) is 50.0 Å². The van der Waals surface area contributed by atoms with Crippen molar-refractivity contribution in [1.82, 2.24) is 0 Å². The van der Waals surface area contributed by atoms with Crippen LogP contribution < -0.4 is 0 Å². The lowest BCUT2D eigenvalue weighted by Gasteiger charge is -2.10. The summed E-state index contributed by atoms with van der Waals surface area (Å²) >= 11 is 0. The van der Waals surface area contributed by atoms with E-state index in [1.54, 1.807) is 12.1 Å². The van der Waals surface area contributed by atoms with Crippen molar-refractivity contribution >= 4 is 31.0 Å². The van der Waals surface area contributed by atoms with Crippen molar-refractivity contribution < 1.29 is 30.7 Å². The van der Waals surface area contributed by atoms with Crippen LogP contribution in [0, 0.1) is 0 Å². The molecule has 1 fully saturated rings. The molecule has 0 saturated heterocycles. The van der Waals surface area contributed by atoms with Gasteiger partial charge in [0.15, 0.2) is 9.58 Å². The molecule has 0 spiro atoms. The number of thiophene rings is 1. The molecule has 1 saturated carbocycles. The molecule has 0 amide bonds. The molecule has 1 aromatic carbocycles. The molecule has 9 heteroatoms. The number of fused-ring (bicyclic) bond motifs is 1. The van der Waals surface area contributed by atoms with Gasteiger partial charge >= 0.3 is 5.51 Å². The minimum atomic E-state index is -4.92. The Bertz CT molecular complexity index is 796. The molecule has 140 valence electrons. The predicted molar refractivity (Wildman–Crippen MR) is 90.5 cm³/mol. The highest BCUT2D eigenvalue weighted by Crippen LogP contribution is 2.54. The zero-order valence-corrected chi connectivity index (χ0v) is 15.0. The molecule has 1 aromatic heterocycles. The third-order valence-corrected chi connectivity index (χ3v) is 6.36. The highest BCUT2D eigenvalue weighted by molar-refractivity contribution is 7.79. The van der Waals surface area contributed by atoms with Crippen LogP contribution in [0.15, 0.2) is 30.3 Å². The van der Waals surface area contributed by atoms with Gasteiger partial charge in [0.05, 0.1) is 10.5 Å². The first kappa shape index (κ1) is 20.2. The lowest BCUT2D eigenvalue weighted by Crippen LogP contribution is -2.02. The Balaban J connectivity index is 0.000000399. The van der Waals surface area contributed by atoms with E-state index in [1.807, 2.05) is 18.2 Å². The van der Waals surface area contributed by atoms with Gasteiger partial charge in [0.1, 0.15) is 0 Å². The van der Waals surface area contributed by atoms with Crippen LogP contribution in [-0.4, -0.2) is 17.5 Å². The lowest BCUT2D eigenvalue weighted by molar-refractivity contribution is -0.0868. The van der Waals surface area contributed by atoms with Gasteiger partial charge in [0.2, 0.25) is 10.4 Å². The van der Waals surface area contributed by atoms with Gasteiger partial charge in [-0.05, 0) is 25.0 Å². The van der Waals surface area contributed by atoms with Gasteiger partial charge < -0.3 is 4.55 Å². The zero-order valence-electron chi connectivity index (χ0n) is 13.3. The van der Waals surface area contributed by atoms with Crippen LogP contribution >= 0.6 is 10.5 Å². The van der Waals surface area contributed by atoms with E-state index in [4.69, 9.17) is 17.5 Å². The van der Waals surface area contributed by atoms with E-state index in [0.717, 1.165) is 43.9 Å². The highest BCUT2D eigenvalue weighted by atomic mass is 32.3. The minimum Gasteiger partial charge on any atom is -0.726 e. The average Bonchev–Trinajstić information content (AvgIpc) is 2.66. The second-order valence-electron chi connectivity index (χ2n) is 5.95. The third-order valence-electron chi connectivity index (χ3n) is 4.16. The second kappa shape index (κ2) is 8.03. The molecule has 1 heterocycles. The Morgan fingerprint density at radius 3 is 2.12 bits per heavy atom. The monoisotopic (exact) mass is 396 g/mol. The maximum absolute atomic E-state index is 13.5. The molecule has 1 aliphatic carbocycles. The summed E-state index contributed by atoms with van der Waals surface area (Å²) in [4.78, 5) is 0.639. The maximum atomic E-state index is 13.5. The molecule has 1 aliphatic rings. The van der Waals surface area contributed by atoms with Gasteiger partial charge in [0, 0.05) is 17.4 Å². The molecule has 0 aliphatic heterocycles. The molecular formula is C16H19F3O4S2. The van der Waals surface area contributed by atoms with Crippen molar-refractivity contribution in [2.75, 3.05) is 0 Å². The SMILES string of the molecule is FC(F)(F)[s+]1c(C2CCCCCC2)cc2ccccc21.O=S(=O)([O-])O. The molecule has 1 atom stereocenters. The smallest absolute Gasteiger partial charge is 0.600 e. The summed E-state index contributed by atoms with van der Waals surface area (Å²) in [7, 11) is -6.62. The molecule has 1 N–H and O–H groups in total. The van der Waals surface area contributed by atoms with Crippen LogP contribution in [-0.2, 0) is 15.9 Å². The van der Waals surface area contributed by atoms with Crippen molar-refractivity contribution in [1.29, 1.82) is 0 Å². The summed E-state index contributed by atoms with van der Waals surface area (Å²) in [6.45, 7) is 0. The standard InChI is InChI=1S/C16H18F3S.H2O4S/c17-16(18,19)20-14-10-6-5-9-13(14)11-15(20)12-7-3-1-2-4-8-12;1-5(2,3)4/h5-6,9-12H,1-4,7-8H2;(H2,1,2,3,4)/q+1;/p-1. The van der Waals surface area contributed by atoms with Gasteiger partial charge in [-0.2, -0.15) is 0 Å². The largest absolute Gasteiger partial charge is 0.726 e. The predicted octanol–water partition coefficient (Wildman–Crippen LogP) is 5.51. The molecule has 25 heavy (non-hydrogen) atoms. The Morgan fingerprint density at radius 2 is 1.60 bits per heavy atom. The van der Waals surface area contributed by atoms with Crippen LogP contribution in [0.2, 0.25) is 0 Å². The van der Waals surface area contributed by atoms with Gasteiger partial charge in [-0.25, -0.2) is 8.42 Å². The van der Waals surface area contributed by atoms with E-state index >= 15 is 0 Å². The van der Waals surface area contributed by atoms with Gasteiger partial charge in [0.25, 0.3) is 0 Å². The van der Waals surface area contributed by atoms with Gasteiger partial charge in [-0.1, -0.05) is 37.8 Å². The number of benzene rings is 1. The van der Waals surface area contributed by atoms with Gasteiger partial charge in [-0.15, -0.1) is 13.2 Å². The third kappa shape index (κ3) is 5.95. The zero-order chi connectivity index (χ0) is 18.7. The number of alkyl halides is 3. The van der Waals surface area contributed by atoms with Crippen LogP contribution in [0.5, 0.6) is 0 Å². The summed E-state index contributed by atoms with van der Waals surface area (Å²) in [6.07, 6.45) is 6.28. The highest BCUT2D eigenvalue weighted by Gasteiger charge is 2.49. The summed E-state index contributed by atoms with van der Waals surface area (Å²) in [5, 5.41) is 0.771. The molecule has 0 bridgehead atoms. The molecule has 4 nitrogen and oxygen atoms in total. The number of rotatable bonds is 1. The maximum Gasteiger partial charge on any atom is 0.600 e. The fourth-order valence-corrected chi connectivity index (χ4v) is 5.39. The number of halogens is 3. The van der Waals surface area contributed by atoms with Crippen molar-refractivity contribution in [2.24, 2.45) is 0 Å². The minimum absolute atomic E-state index is 0.120. The Hall–Kier alpha value is -1.16. The van der Waals surface area contributed by atoms with E-state index in [1.165, 1.54) is 0 Å². The molecule has 1 unspecified atom stereocenters. The molecular weight excluding hydrogens is 377 g/mol. The van der Waals surface area contributed by atoms with E-state index in [0.29, 0.717) is 9.58 Å². The Morgan fingerprint density at radius 1 is 1.08 bits per heavy atom. The van der Waals surface area contributed by atoms with Crippen molar-refractivity contribution in [3.05, 3.63) is 35.2 Å². The fourth-order valence-electron chi connectivity index (χ4n) is 3.23. The van der Waals surface area contributed by atoms with E-state index in [9.17, 15) is 13.2 Å². The van der Waals surface area contributed by atoms with E-state index in [-0.39, 0.29) is 5.92 Å². The van der Waals surface area contributed by atoms with E-state index in [2.05, 4.69) is 0 Å². The number of hydrogen-bond donors (Lipinski definition) is 1. The molecule has 2 aromatic rings. The molecule has 3 rings (SSSR count). The second-order valence-corrected chi connectivity index (χ2v) is 8.79. The topological polar surface area (TPSA) is 77.4 Å². The number of hydrogen-bond acceptors (Lipinski definition) is 3. The van der Waals surface area contributed by atoms with Crippen LogP contribution in [0.4, 0.5) is 13.2 Å². The fraction of sp³-hybridized carbons (Fsp3) is 0.500. The Kier molecular flexibility index (Phi) is 6.47. The quantitative estimate of drug-likeness (QED) is 0.298. The average molecular weight is 396 g/mol. The van der Waals surface area contributed by atoms with Crippen LogP contribution in [0.3, 0.4) is 0 Å². The van der Waals surface area contributed by atoms with Crippen molar-refractivity contribution in [3.63, 3.8) is 0 Å². The normalized spacial score (nSPS) is 17.7. The molecule has 0 radical (unpaired) electrons. The van der Waals surface area contributed by atoms with Crippen molar-refractivity contribution in [3.8, 4) is 0 Å². The summed E-state index contributed by atoms with van der Waals surface area (Å²) in [6, 6.07) is 8.82. The van der Waals surface area contributed by atoms with E-state index < -0.39 is 26.4 Å². The summed E-state index contributed by atoms with van der Waals surface area (Å²) < 4.78 is 73.9. The van der Waals surface area contributed by atoms with Gasteiger partial charge in [-0.3, -0.25) is 4.55 Å². The summed E-state index contributed by atoms with van der Waals surface area (Å²) in [5.41, 5.74) is -4.15.